The van der Waals surface area contributed by atoms with Crippen molar-refractivity contribution in [2.45, 2.75) is 26.2 Å². The van der Waals surface area contributed by atoms with Crippen LogP contribution in [-0.4, -0.2) is 39.7 Å². The van der Waals surface area contributed by atoms with Crippen molar-refractivity contribution in [1.29, 1.82) is 0 Å². The first kappa shape index (κ1) is 16.0. The Balaban J connectivity index is 2.53. The van der Waals surface area contributed by atoms with Crippen molar-refractivity contribution in [3.63, 3.8) is 0 Å². The van der Waals surface area contributed by atoms with Crippen molar-refractivity contribution < 1.29 is 5.11 Å². The molecule has 0 radical (unpaired) electrons. The van der Waals surface area contributed by atoms with Crippen molar-refractivity contribution >= 4 is 23.4 Å². The van der Waals surface area contributed by atoms with Crippen molar-refractivity contribution in [3.05, 3.63) is 11.9 Å². The number of nitrogens with one attached hydrogen (secondary N) is 2. The van der Waals surface area contributed by atoms with Gasteiger partial charge in [-0.1, -0.05) is 13.8 Å². The van der Waals surface area contributed by atoms with E-state index in [4.69, 9.17) is 10.9 Å². The molecule has 0 bridgehead atoms. The molecule has 1 heterocycles. The van der Waals surface area contributed by atoms with Gasteiger partial charge in [0.15, 0.2) is 0 Å². The lowest BCUT2D eigenvalue weighted by Gasteiger charge is -2.16. The molecule has 6 nitrogen and oxygen atoms in total. The Labute approximate surface area is 118 Å². The van der Waals surface area contributed by atoms with Crippen LogP contribution >= 0.6 is 11.8 Å². The smallest absolute Gasteiger partial charge is 0.148 e. The van der Waals surface area contributed by atoms with E-state index in [1.54, 1.807) is 0 Å². The number of hydrogen-bond donors (Lipinski definition) is 4. The second-order valence-corrected chi connectivity index (χ2v) is 5.62. The van der Waals surface area contributed by atoms with Crippen LogP contribution in [-0.2, 0) is 0 Å². The predicted molar refractivity (Wildman–Crippen MR) is 81.4 cm³/mol. The molecule has 5 N–H and O–H groups in total. The summed E-state index contributed by atoms with van der Waals surface area (Å²) in [6, 6.07) is 0. The van der Waals surface area contributed by atoms with E-state index in [1.807, 2.05) is 11.8 Å². The second kappa shape index (κ2) is 8.95. The third-order valence-corrected chi connectivity index (χ3v) is 3.65. The Morgan fingerprint density at radius 2 is 2.05 bits per heavy atom. The highest BCUT2D eigenvalue weighted by Crippen LogP contribution is 2.27. The number of thioether (sulfide) groups is 1. The van der Waals surface area contributed by atoms with Crippen LogP contribution in [0, 0.1) is 0 Å². The number of aromatic nitrogens is 2. The Bertz CT molecular complexity index is 375. The van der Waals surface area contributed by atoms with Gasteiger partial charge in [-0.05, 0) is 18.1 Å². The van der Waals surface area contributed by atoms with Crippen LogP contribution in [0.1, 0.15) is 31.7 Å². The molecule has 0 amide bonds. The monoisotopic (exact) mass is 285 g/mol. The first-order valence-corrected chi connectivity index (χ1v) is 7.60. The minimum atomic E-state index is 0.259. The van der Waals surface area contributed by atoms with Gasteiger partial charge < -0.3 is 15.8 Å². The first-order chi connectivity index (χ1) is 9.20. The molecule has 0 aliphatic heterocycles. The first-order valence-electron chi connectivity index (χ1n) is 6.44. The number of nitrogens with zero attached hydrogens (tertiary/aromatic N) is 2. The molecule has 0 saturated carbocycles. The van der Waals surface area contributed by atoms with Crippen molar-refractivity contribution in [1.82, 2.24) is 9.97 Å². The highest BCUT2D eigenvalue weighted by atomic mass is 32.2. The molecule has 0 aliphatic rings. The number of aliphatic hydroxyl groups is 1. The zero-order valence-corrected chi connectivity index (χ0v) is 12.3. The number of hydrazine groups is 1. The summed E-state index contributed by atoms with van der Waals surface area (Å²) in [5, 5.41) is 12.0. The maximum Gasteiger partial charge on any atom is 0.148 e. The molecular weight excluding hydrogens is 262 g/mol. The lowest BCUT2D eigenvalue weighted by Crippen LogP contribution is -2.16. The van der Waals surface area contributed by atoms with Crippen LogP contribution in [0.3, 0.4) is 0 Å². The summed E-state index contributed by atoms with van der Waals surface area (Å²) in [6.07, 6.45) is 2.35. The van der Waals surface area contributed by atoms with E-state index < -0.39 is 0 Å². The highest BCUT2D eigenvalue weighted by molar-refractivity contribution is 7.99. The van der Waals surface area contributed by atoms with E-state index >= 15 is 0 Å². The minimum absolute atomic E-state index is 0.259. The lowest BCUT2D eigenvalue weighted by molar-refractivity contribution is 0.296. The molecule has 0 aromatic carbocycles. The maximum absolute atomic E-state index is 8.69. The SMILES string of the molecule is CC(C)c1c(NN)ncnc1NCCSCCCO. The minimum Gasteiger partial charge on any atom is -0.396 e. The summed E-state index contributed by atoms with van der Waals surface area (Å²) < 4.78 is 0. The van der Waals surface area contributed by atoms with Gasteiger partial charge in [0.2, 0.25) is 0 Å². The summed E-state index contributed by atoms with van der Waals surface area (Å²) in [5.41, 5.74) is 3.62. The van der Waals surface area contributed by atoms with Gasteiger partial charge in [0, 0.05) is 24.5 Å². The van der Waals surface area contributed by atoms with Gasteiger partial charge in [-0.3, -0.25) is 0 Å². The van der Waals surface area contributed by atoms with Crippen LogP contribution < -0.4 is 16.6 Å². The molecule has 108 valence electrons. The van der Waals surface area contributed by atoms with Gasteiger partial charge in [0.25, 0.3) is 0 Å². The lowest BCUT2D eigenvalue weighted by atomic mass is 10.0. The van der Waals surface area contributed by atoms with Gasteiger partial charge in [-0.2, -0.15) is 11.8 Å². The molecule has 19 heavy (non-hydrogen) atoms. The molecule has 0 saturated heterocycles. The summed E-state index contributed by atoms with van der Waals surface area (Å²) >= 11 is 1.82. The zero-order valence-electron chi connectivity index (χ0n) is 11.5. The molecule has 7 heteroatoms. The van der Waals surface area contributed by atoms with Gasteiger partial charge in [0.1, 0.15) is 18.0 Å². The van der Waals surface area contributed by atoms with Gasteiger partial charge >= 0.3 is 0 Å². The van der Waals surface area contributed by atoms with Crippen LogP contribution in [0.2, 0.25) is 0 Å². The molecule has 0 atom stereocenters. The Kier molecular flexibility index (Phi) is 7.54. The number of nitrogen functional groups attached to an aromatic ring is 1. The molecule has 1 aromatic rings. The predicted octanol–water partition coefficient (Wildman–Crippen LogP) is 1.41. The maximum atomic E-state index is 8.69. The van der Waals surface area contributed by atoms with Crippen LogP contribution in [0.15, 0.2) is 6.33 Å². The third kappa shape index (κ3) is 5.22. The topological polar surface area (TPSA) is 96.1 Å². The Morgan fingerprint density at radius 3 is 2.68 bits per heavy atom. The largest absolute Gasteiger partial charge is 0.396 e. The van der Waals surface area contributed by atoms with E-state index in [-0.39, 0.29) is 12.5 Å². The fraction of sp³-hybridized carbons (Fsp3) is 0.667. The summed E-state index contributed by atoms with van der Waals surface area (Å²) in [6.45, 7) is 5.26. The van der Waals surface area contributed by atoms with Crippen molar-refractivity contribution in [3.8, 4) is 0 Å². The van der Waals surface area contributed by atoms with E-state index in [9.17, 15) is 0 Å². The number of aliphatic hydroxyl groups excluding tert-OH is 1. The molecular formula is C12H23N5OS. The van der Waals surface area contributed by atoms with Crippen LogP contribution in [0.25, 0.3) is 0 Å². The Morgan fingerprint density at radius 1 is 1.32 bits per heavy atom. The second-order valence-electron chi connectivity index (χ2n) is 4.40. The van der Waals surface area contributed by atoms with Crippen molar-refractivity contribution in [2.75, 3.05) is 35.4 Å². The van der Waals surface area contributed by atoms with Gasteiger partial charge in [-0.25, -0.2) is 15.8 Å². The number of rotatable bonds is 9. The Hall–Kier alpha value is -1.05. The number of anilines is 2. The summed E-state index contributed by atoms with van der Waals surface area (Å²) in [7, 11) is 0. The highest BCUT2D eigenvalue weighted by Gasteiger charge is 2.13. The van der Waals surface area contributed by atoms with E-state index in [0.717, 1.165) is 35.9 Å². The average molecular weight is 285 g/mol. The molecule has 0 unspecified atom stereocenters. The molecule has 1 aromatic heterocycles. The molecule has 0 aliphatic carbocycles. The van der Waals surface area contributed by atoms with Gasteiger partial charge in [-0.15, -0.1) is 0 Å². The fourth-order valence-corrected chi connectivity index (χ4v) is 2.49. The number of hydrogen-bond acceptors (Lipinski definition) is 7. The van der Waals surface area contributed by atoms with Crippen LogP contribution in [0.4, 0.5) is 11.6 Å². The van der Waals surface area contributed by atoms with Crippen molar-refractivity contribution in [2.24, 2.45) is 5.84 Å². The van der Waals surface area contributed by atoms with E-state index in [2.05, 4.69) is 34.6 Å². The molecule has 1 rings (SSSR count). The average Bonchev–Trinajstić information content (AvgIpc) is 2.42. The standard InChI is InChI=1S/C12H23N5OS/c1-9(2)10-11(15-8-16-12(10)17-13)14-4-7-19-6-3-5-18/h8-9,18H,3-7,13H2,1-2H3,(H2,14,15,16,17). The van der Waals surface area contributed by atoms with E-state index in [0.29, 0.717) is 5.82 Å². The molecule has 0 spiro atoms. The summed E-state index contributed by atoms with van der Waals surface area (Å²) in [5.74, 6) is 9.22. The zero-order chi connectivity index (χ0) is 14.1. The quantitative estimate of drug-likeness (QED) is 0.309. The fourth-order valence-electron chi connectivity index (χ4n) is 1.71. The van der Waals surface area contributed by atoms with Crippen LogP contribution in [0.5, 0.6) is 0 Å². The molecule has 0 fully saturated rings. The normalized spacial score (nSPS) is 10.8. The van der Waals surface area contributed by atoms with Gasteiger partial charge in [0.05, 0.1) is 0 Å². The third-order valence-electron chi connectivity index (χ3n) is 2.58. The number of nitrogens with two attached hydrogens (primary N) is 1. The summed E-state index contributed by atoms with van der Waals surface area (Å²) in [4.78, 5) is 8.40. The van der Waals surface area contributed by atoms with E-state index in [1.165, 1.54) is 6.33 Å².